The largest absolute Gasteiger partial charge is 0.294 e. The fourth-order valence-corrected chi connectivity index (χ4v) is 3.58. The minimum Gasteiger partial charge on any atom is -0.294 e. The van der Waals surface area contributed by atoms with Crippen LogP contribution in [0.5, 0.6) is 0 Å². The van der Waals surface area contributed by atoms with Gasteiger partial charge in [0, 0.05) is 11.8 Å². The topological polar surface area (TPSA) is 34.1 Å². The van der Waals surface area contributed by atoms with Gasteiger partial charge >= 0.3 is 0 Å². The van der Waals surface area contributed by atoms with Crippen LogP contribution >= 0.6 is 0 Å². The number of carbonyl (C=O) groups excluding carboxylic acids is 2. The van der Waals surface area contributed by atoms with Crippen molar-refractivity contribution in [2.45, 2.75) is 20.3 Å². The zero-order valence-electron chi connectivity index (χ0n) is 8.99. The smallest absolute Gasteiger partial charge is 0.163 e. The summed E-state index contributed by atoms with van der Waals surface area (Å²) in [6.07, 6.45) is 4.77. The summed E-state index contributed by atoms with van der Waals surface area (Å²) in [6.45, 7) is 3.85. The summed E-state index contributed by atoms with van der Waals surface area (Å²) in [5, 5.41) is 0. The Kier molecular flexibility index (Phi) is 1.63. The lowest BCUT2D eigenvalue weighted by Crippen LogP contribution is -2.37. The van der Waals surface area contributed by atoms with Crippen molar-refractivity contribution in [2.75, 3.05) is 0 Å². The van der Waals surface area contributed by atoms with Gasteiger partial charge in [-0.3, -0.25) is 9.59 Å². The Morgan fingerprint density at radius 3 is 2.67 bits per heavy atom. The van der Waals surface area contributed by atoms with Gasteiger partial charge in [-0.1, -0.05) is 11.6 Å². The van der Waals surface area contributed by atoms with Crippen LogP contribution in [0.4, 0.5) is 0 Å². The average Bonchev–Trinajstić information content (AvgIpc) is 2.70. The third-order valence-electron chi connectivity index (χ3n) is 4.25. The van der Waals surface area contributed by atoms with E-state index in [1.54, 1.807) is 13.0 Å². The maximum Gasteiger partial charge on any atom is 0.163 e. The molecule has 0 amide bonds. The maximum absolute atomic E-state index is 12.0. The molecule has 0 heterocycles. The van der Waals surface area contributed by atoms with E-state index in [0.29, 0.717) is 17.4 Å². The summed E-state index contributed by atoms with van der Waals surface area (Å²) in [5.74, 6) is 1.00. The van der Waals surface area contributed by atoms with E-state index in [1.165, 1.54) is 5.57 Å². The molecule has 0 aromatic carbocycles. The molecule has 3 aliphatic carbocycles. The van der Waals surface area contributed by atoms with Crippen LogP contribution < -0.4 is 0 Å². The first kappa shape index (κ1) is 9.08. The number of hydrogen-bond acceptors (Lipinski definition) is 2. The number of Topliss-reactive ketones (excluding diaryl/α,β-unsaturated/α-hetero) is 1. The molecule has 2 nitrogen and oxygen atoms in total. The van der Waals surface area contributed by atoms with Crippen molar-refractivity contribution in [3.8, 4) is 0 Å². The van der Waals surface area contributed by atoms with Gasteiger partial charge < -0.3 is 0 Å². The number of hydrogen-bond donors (Lipinski definition) is 0. The summed E-state index contributed by atoms with van der Waals surface area (Å²) in [4.78, 5) is 23.9. The van der Waals surface area contributed by atoms with Crippen LogP contribution in [0.15, 0.2) is 23.3 Å². The standard InChI is InChI=1S/C13H14O2/c1-6-3-8-5-9(6)12-10(14)4-7(2)13(15)11(8)12/h3-4,8-9,11-12H,5H2,1-2H3. The van der Waals surface area contributed by atoms with Crippen molar-refractivity contribution in [1.82, 2.24) is 0 Å². The van der Waals surface area contributed by atoms with Crippen LogP contribution in [0, 0.1) is 23.7 Å². The molecular formula is C13H14O2. The van der Waals surface area contributed by atoms with Gasteiger partial charge in [0.1, 0.15) is 0 Å². The molecule has 4 atom stereocenters. The van der Waals surface area contributed by atoms with Gasteiger partial charge in [0.15, 0.2) is 11.6 Å². The zero-order chi connectivity index (χ0) is 10.7. The first-order valence-corrected chi connectivity index (χ1v) is 5.54. The number of rotatable bonds is 0. The summed E-state index contributed by atoms with van der Waals surface area (Å²) < 4.78 is 0. The summed E-state index contributed by atoms with van der Waals surface area (Å²) in [6, 6.07) is 0. The molecule has 3 rings (SSSR count). The van der Waals surface area contributed by atoms with Crippen molar-refractivity contribution in [2.24, 2.45) is 23.7 Å². The van der Waals surface area contributed by atoms with Gasteiger partial charge in [-0.15, -0.1) is 0 Å². The molecule has 0 saturated heterocycles. The van der Waals surface area contributed by atoms with Gasteiger partial charge in [0.05, 0.1) is 0 Å². The molecule has 0 radical (unpaired) electrons. The Bertz CT molecular complexity index is 428. The van der Waals surface area contributed by atoms with Crippen LogP contribution in [0.2, 0.25) is 0 Å². The molecule has 4 unspecified atom stereocenters. The van der Waals surface area contributed by atoms with E-state index in [9.17, 15) is 9.59 Å². The van der Waals surface area contributed by atoms with Crippen LogP contribution in [0.25, 0.3) is 0 Å². The van der Waals surface area contributed by atoms with Gasteiger partial charge in [0.25, 0.3) is 0 Å². The lowest BCUT2D eigenvalue weighted by Gasteiger charge is -2.30. The van der Waals surface area contributed by atoms with Gasteiger partial charge in [0.2, 0.25) is 0 Å². The molecule has 2 heteroatoms. The lowest BCUT2D eigenvalue weighted by atomic mass is 9.71. The molecule has 0 aromatic rings. The van der Waals surface area contributed by atoms with E-state index < -0.39 is 0 Å². The Balaban J connectivity index is 2.09. The average molecular weight is 202 g/mol. The molecule has 1 fully saturated rings. The van der Waals surface area contributed by atoms with E-state index >= 15 is 0 Å². The SMILES string of the molecule is CC1=CC(=O)C2C3CC(C=C3C)C2C1=O. The third-order valence-corrected chi connectivity index (χ3v) is 4.25. The second-order valence-corrected chi connectivity index (χ2v) is 5.06. The summed E-state index contributed by atoms with van der Waals surface area (Å²) in [7, 11) is 0. The Morgan fingerprint density at radius 2 is 1.93 bits per heavy atom. The molecule has 15 heavy (non-hydrogen) atoms. The minimum absolute atomic E-state index is 0.0313. The molecule has 78 valence electrons. The number of allylic oxidation sites excluding steroid dienone is 4. The first-order chi connectivity index (χ1) is 7.09. The predicted octanol–water partition coefficient (Wildman–Crippen LogP) is 1.91. The Morgan fingerprint density at radius 1 is 1.20 bits per heavy atom. The van der Waals surface area contributed by atoms with Gasteiger partial charge in [-0.2, -0.15) is 0 Å². The zero-order valence-corrected chi connectivity index (χ0v) is 8.99. The normalized spacial score (nSPS) is 42.8. The van der Waals surface area contributed by atoms with E-state index in [2.05, 4.69) is 13.0 Å². The van der Waals surface area contributed by atoms with Crippen LogP contribution in [0.1, 0.15) is 20.3 Å². The Labute approximate surface area is 89.0 Å². The summed E-state index contributed by atoms with van der Waals surface area (Å²) in [5.41, 5.74) is 1.97. The highest BCUT2D eigenvalue weighted by Gasteiger charge is 2.54. The van der Waals surface area contributed by atoms with E-state index in [4.69, 9.17) is 0 Å². The number of carbonyl (C=O) groups is 2. The maximum atomic E-state index is 12.0. The molecule has 1 saturated carbocycles. The van der Waals surface area contributed by atoms with Crippen LogP contribution in [-0.4, -0.2) is 11.6 Å². The lowest BCUT2D eigenvalue weighted by molar-refractivity contribution is -0.130. The minimum atomic E-state index is -0.0313. The third kappa shape index (κ3) is 0.996. The first-order valence-electron chi connectivity index (χ1n) is 5.54. The molecule has 0 aromatic heterocycles. The second-order valence-electron chi connectivity index (χ2n) is 5.06. The van der Waals surface area contributed by atoms with Crippen LogP contribution in [0.3, 0.4) is 0 Å². The number of ketones is 2. The quantitative estimate of drug-likeness (QED) is 0.562. The molecule has 0 spiro atoms. The van der Waals surface area contributed by atoms with Crippen LogP contribution in [-0.2, 0) is 9.59 Å². The van der Waals surface area contributed by atoms with Gasteiger partial charge in [-0.25, -0.2) is 0 Å². The molecule has 0 aliphatic heterocycles. The number of fused-ring (bicyclic) bond motifs is 5. The monoisotopic (exact) mass is 202 g/mol. The highest BCUT2D eigenvalue weighted by atomic mass is 16.1. The van der Waals surface area contributed by atoms with Gasteiger partial charge in [-0.05, 0) is 43.8 Å². The summed E-state index contributed by atoms with van der Waals surface area (Å²) >= 11 is 0. The van der Waals surface area contributed by atoms with Crippen molar-refractivity contribution >= 4 is 11.6 Å². The van der Waals surface area contributed by atoms with E-state index in [-0.39, 0.29) is 23.4 Å². The fraction of sp³-hybridized carbons (Fsp3) is 0.538. The predicted molar refractivity (Wildman–Crippen MR) is 56.1 cm³/mol. The van der Waals surface area contributed by atoms with Crippen molar-refractivity contribution in [1.29, 1.82) is 0 Å². The van der Waals surface area contributed by atoms with E-state index in [0.717, 1.165) is 6.42 Å². The Hall–Kier alpha value is -1.18. The van der Waals surface area contributed by atoms with Crippen molar-refractivity contribution in [3.63, 3.8) is 0 Å². The highest BCUT2D eigenvalue weighted by Crippen LogP contribution is 2.54. The molecule has 3 aliphatic rings. The molecular weight excluding hydrogens is 188 g/mol. The van der Waals surface area contributed by atoms with Crippen molar-refractivity contribution < 1.29 is 9.59 Å². The molecule has 2 bridgehead atoms. The second kappa shape index (κ2) is 2.69. The van der Waals surface area contributed by atoms with Crippen molar-refractivity contribution in [3.05, 3.63) is 23.3 Å². The fourth-order valence-electron chi connectivity index (χ4n) is 3.58. The van der Waals surface area contributed by atoms with E-state index in [1.807, 2.05) is 0 Å². The molecule has 0 N–H and O–H groups in total. The highest BCUT2D eigenvalue weighted by molar-refractivity contribution is 6.11.